The van der Waals surface area contributed by atoms with Gasteiger partial charge in [0.25, 0.3) is 5.56 Å². The number of nitro groups is 1. The summed E-state index contributed by atoms with van der Waals surface area (Å²) in [5.41, 5.74) is 3.75. The first-order valence-corrected chi connectivity index (χ1v) is 14.1. The first-order chi connectivity index (χ1) is 20.8. The molecule has 0 atom stereocenters. The number of fused-ring (bicyclic) bond motifs is 1. The second-order valence-electron chi connectivity index (χ2n) is 10.3. The molecule has 0 amide bonds. The van der Waals surface area contributed by atoms with Crippen molar-refractivity contribution in [2.45, 2.75) is 40.2 Å². The largest absolute Gasteiger partial charge is 0.494 e. The van der Waals surface area contributed by atoms with Gasteiger partial charge < -0.3 is 9.47 Å². The standard InChI is InChI=1S/C34H32N4O5/c1-5-42-31-18-23(4)28(19-27(31)22(2)3)33-36-29-16-10-9-15-26(29)34(39)37(33)35-20-25-14-11-17-30(38(40)41)32(25)43-21-24-12-7-6-8-13-24/h6-20,22H,5,21H2,1-4H3. The molecule has 5 rings (SSSR count). The summed E-state index contributed by atoms with van der Waals surface area (Å²) in [6.07, 6.45) is 1.40. The molecular weight excluding hydrogens is 544 g/mol. The highest BCUT2D eigenvalue weighted by Crippen LogP contribution is 2.35. The van der Waals surface area contributed by atoms with Crippen LogP contribution in [0.15, 0.2) is 94.8 Å². The van der Waals surface area contributed by atoms with Crippen molar-refractivity contribution in [3.8, 4) is 22.9 Å². The Hall–Kier alpha value is -5.31. The first-order valence-electron chi connectivity index (χ1n) is 14.1. The van der Waals surface area contributed by atoms with Gasteiger partial charge in [-0.05, 0) is 66.8 Å². The van der Waals surface area contributed by atoms with Crippen molar-refractivity contribution in [2.24, 2.45) is 5.10 Å². The first kappa shape index (κ1) is 29.2. The normalized spacial score (nSPS) is 11.4. The predicted molar refractivity (Wildman–Crippen MR) is 168 cm³/mol. The molecule has 43 heavy (non-hydrogen) atoms. The van der Waals surface area contributed by atoms with Crippen molar-refractivity contribution in [1.29, 1.82) is 0 Å². The maximum Gasteiger partial charge on any atom is 0.311 e. The third-order valence-electron chi connectivity index (χ3n) is 7.03. The highest BCUT2D eigenvalue weighted by atomic mass is 16.6. The summed E-state index contributed by atoms with van der Waals surface area (Å²) in [7, 11) is 0. The Morgan fingerprint density at radius 1 is 1.00 bits per heavy atom. The van der Waals surface area contributed by atoms with E-state index >= 15 is 0 Å². The van der Waals surface area contributed by atoms with Gasteiger partial charge in [-0.2, -0.15) is 9.78 Å². The van der Waals surface area contributed by atoms with E-state index in [1.54, 1.807) is 30.3 Å². The third kappa shape index (κ3) is 6.16. The average molecular weight is 577 g/mol. The highest BCUT2D eigenvalue weighted by Gasteiger charge is 2.21. The number of ether oxygens (including phenoxy) is 2. The van der Waals surface area contributed by atoms with Crippen molar-refractivity contribution in [3.63, 3.8) is 0 Å². The third-order valence-corrected chi connectivity index (χ3v) is 7.03. The Morgan fingerprint density at radius 3 is 2.47 bits per heavy atom. The van der Waals surface area contributed by atoms with Crippen molar-refractivity contribution >= 4 is 22.8 Å². The number of aromatic nitrogens is 2. The van der Waals surface area contributed by atoms with E-state index < -0.39 is 4.92 Å². The monoisotopic (exact) mass is 576 g/mol. The van der Waals surface area contributed by atoms with Crippen LogP contribution in [0.1, 0.15) is 48.9 Å². The topological polar surface area (TPSA) is 109 Å². The SMILES string of the molecule is CCOc1cc(C)c(-c2nc3ccccc3c(=O)n2N=Cc2cccc([N+](=O)[O-])c2OCc2ccccc2)cc1C(C)C. The lowest BCUT2D eigenvalue weighted by Crippen LogP contribution is -2.21. The number of nitro benzene ring substituents is 1. The minimum Gasteiger partial charge on any atom is -0.494 e. The van der Waals surface area contributed by atoms with Crippen molar-refractivity contribution in [3.05, 3.63) is 128 Å². The zero-order valence-electron chi connectivity index (χ0n) is 24.5. The van der Waals surface area contributed by atoms with Gasteiger partial charge in [0, 0.05) is 17.2 Å². The number of aryl methyl sites for hydroxylation is 1. The summed E-state index contributed by atoms with van der Waals surface area (Å²) in [4.78, 5) is 30.1. The molecule has 0 unspecified atom stereocenters. The van der Waals surface area contributed by atoms with Gasteiger partial charge in [-0.3, -0.25) is 14.9 Å². The van der Waals surface area contributed by atoms with E-state index in [4.69, 9.17) is 14.5 Å². The van der Waals surface area contributed by atoms with E-state index in [-0.39, 0.29) is 29.5 Å². The minimum absolute atomic E-state index is 0.0581. The van der Waals surface area contributed by atoms with Gasteiger partial charge in [0.2, 0.25) is 5.75 Å². The Labute approximate surface area is 249 Å². The molecule has 9 nitrogen and oxygen atoms in total. The van der Waals surface area contributed by atoms with Crippen LogP contribution in [0, 0.1) is 17.0 Å². The molecule has 5 aromatic rings. The Kier molecular flexibility index (Phi) is 8.61. The number of hydrogen-bond donors (Lipinski definition) is 0. The smallest absolute Gasteiger partial charge is 0.311 e. The van der Waals surface area contributed by atoms with Crippen LogP contribution < -0.4 is 15.0 Å². The summed E-state index contributed by atoms with van der Waals surface area (Å²) in [6, 6.07) is 25.0. The predicted octanol–water partition coefficient (Wildman–Crippen LogP) is 7.26. The molecular formula is C34H32N4O5. The molecule has 0 N–H and O–H groups in total. The van der Waals surface area contributed by atoms with Gasteiger partial charge in [0.15, 0.2) is 5.82 Å². The molecule has 0 radical (unpaired) electrons. The fourth-order valence-electron chi connectivity index (χ4n) is 4.87. The van der Waals surface area contributed by atoms with Crippen LogP contribution in [-0.4, -0.2) is 27.4 Å². The zero-order valence-corrected chi connectivity index (χ0v) is 24.5. The Morgan fingerprint density at radius 2 is 1.74 bits per heavy atom. The molecule has 0 aliphatic rings. The van der Waals surface area contributed by atoms with Gasteiger partial charge >= 0.3 is 5.69 Å². The zero-order chi connectivity index (χ0) is 30.5. The number of rotatable bonds is 10. The number of para-hydroxylation sites is 2. The van der Waals surface area contributed by atoms with E-state index in [2.05, 4.69) is 18.9 Å². The summed E-state index contributed by atoms with van der Waals surface area (Å²) in [5.74, 6) is 1.34. The van der Waals surface area contributed by atoms with Gasteiger partial charge in [0.1, 0.15) is 12.4 Å². The van der Waals surface area contributed by atoms with Crippen molar-refractivity contribution in [1.82, 2.24) is 9.66 Å². The number of benzene rings is 4. The Bertz CT molecular complexity index is 1880. The summed E-state index contributed by atoms with van der Waals surface area (Å²) in [5, 5.41) is 16.9. The van der Waals surface area contributed by atoms with E-state index in [1.165, 1.54) is 17.0 Å². The molecule has 0 bridgehead atoms. The van der Waals surface area contributed by atoms with Crippen molar-refractivity contribution < 1.29 is 14.4 Å². The van der Waals surface area contributed by atoms with E-state index in [9.17, 15) is 14.9 Å². The number of hydrogen-bond acceptors (Lipinski definition) is 7. The van der Waals surface area contributed by atoms with Crippen LogP contribution in [0.3, 0.4) is 0 Å². The highest BCUT2D eigenvalue weighted by molar-refractivity contribution is 5.86. The summed E-state index contributed by atoms with van der Waals surface area (Å²) >= 11 is 0. The van der Waals surface area contributed by atoms with Crippen molar-refractivity contribution in [2.75, 3.05) is 6.61 Å². The Balaban J connectivity index is 1.68. The van der Waals surface area contributed by atoms with Gasteiger partial charge in [-0.25, -0.2) is 4.98 Å². The fraction of sp³-hybridized carbons (Fsp3) is 0.206. The molecule has 218 valence electrons. The molecule has 0 saturated carbocycles. The summed E-state index contributed by atoms with van der Waals surface area (Å²) < 4.78 is 13.1. The molecule has 9 heteroatoms. The van der Waals surface area contributed by atoms with E-state index in [0.29, 0.717) is 28.9 Å². The summed E-state index contributed by atoms with van der Waals surface area (Å²) in [6.45, 7) is 8.69. The van der Waals surface area contributed by atoms with Gasteiger partial charge in [-0.15, -0.1) is 0 Å². The quantitative estimate of drug-likeness (QED) is 0.0983. The van der Waals surface area contributed by atoms with Gasteiger partial charge in [0.05, 0.1) is 28.6 Å². The lowest BCUT2D eigenvalue weighted by molar-refractivity contribution is -0.385. The van der Waals surface area contributed by atoms with Crippen LogP contribution in [0.25, 0.3) is 22.3 Å². The second kappa shape index (κ2) is 12.7. The molecule has 0 aliphatic carbocycles. The average Bonchev–Trinajstić information content (AvgIpc) is 3.00. The lowest BCUT2D eigenvalue weighted by Gasteiger charge is -2.18. The fourth-order valence-corrected chi connectivity index (χ4v) is 4.87. The maximum absolute atomic E-state index is 13.9. The molecule has 1 aromatic heterocycles. The van der Waals surface area contributed by atoms with Crippen LogP contribution in [-0.2, 0) is 6.61 Å². The van der Waals surface area contributed by atoms with Gasteiger partial charge in [-0.1, -0.05) is 62.4 Å². The molecule has 0 aliphatic heterocycles. The van der Waals surface area contributed by atoms with Crippen LogP contribution in [0.2, 0.25) is 0 Å². The maximum atomic E-state index is 13.9. The molecule has 0 fully saturated rings. The molecule has 4 aromatic carbocycles. The van der Waals surface area contributed by atoms with E-state index in [1.807, 2.05) is 62.4 Å². The molecule has 1 heterocycles. The molecule has 0 spiro atoms. The van der Waals surface area contributed by atoms with Crippen LogP contribution >= 0.6 is 0 Å². The lowest BCUT2D eigenvalue weighted by atomic mass is 9.96. The number of nitrogens with zero attached hydrogens (tertiary/aromatic N) is 4. The second-order valence-corrected chi connectivity index (χ2v) is 10.3. The van der Waals surface area contributed by atoms with Crippen LogP contribution in [0.5, 0.6) is 11.5 Å². The van der Waals surface area contributed by atoms with Crippen LogP contribution in [0.4, 0.5) is 5.69 Å². The minimum atomic E-state index is -0.496. The molecule has 0 saturated heterocycles. The van der Waals surface area contributed by atoms with E-state index in [0.717, 1.165) is 28.0 Å².